The van der Waals surface area contributed by atoms with Gasteiger partial charge in [0.05, 0.1) is 44.3 Å². The Balaban J connectivity index is 1.59. The predicted molar refractivity (Wildman–Crippen MR) is 238 cm³/mol. The number of benzene rings is 2. The zero-order chi connectivity index (χ0) is 39.8. The highest BCUT2D eigenvalue weighted by molar-refractivity contribution is 7.27. The lowest BCUT2D eigenvalue weighted by Crippen LogP contribution is -2.31. The number of nitrogens with zero attached hydrogens (tertiary/aromatic N) is 1. The van der Waals surface area contributed by atoms with Crippen LogP contribution in [0.5, 0.6) is 11.5 Å². The van der Waals surface area contributed by atoms with E-state index in [9.17, 15) is 9.59 Å². The van der Waals surface area contributed by atoms with E-state index in [1.807, 2.05) is 42.5 Å². The quantitative estimate of drug-likeness (QED) is 0.0933. The van der Waals surface area contributed by atoms with Gasteiger partial charge in [0.2, 0.25) is 0 Å². The molecule has 2 unspecified atom stereocenters. The molecule has 0 bridgehead atoms. The van der Waals surface area contributed by atoms with E-state index in [2.05, 4.69) is 81.4 Å². The fourth-order valence-corrected chi connectivity index (χ4v) is 11.4. The first-order chi connectivity index (χ1) is 26.1. The second-order valence-electron chi connectivity index (χ2n) is 17.6. The van der Waals surface area contributed by atoms with E-state index in [-0.39, 0.29) is 22.6 Å². The van der Waals surface area contributed by atoms with Crippen LogP contribution in [0.25, 0.3) is 29.9 Å². The predicted octanol–water partition coefficient (Wildman–Crippen LogP) is 14.7. The zero-order valence-corrected chi connectivity index (χ0v) is 37.4. The zero-order valence-electron chi connectivity index (χ0n) is 35.0. The molecule has 0 saturated carbocycles. The minimum atomic E-state index is -0.336. The Labute approximate surface area is 341 Å². The number of rotatable bonds is 16. The van der Waals surface area contributed by atoms with Crippen molar-refractivity contribution in [3.8, 4) is 21.3 Å². The number of anilines is 1. The molecule has 2 atom stereocenters. The maximum absolute atomic E-state index is 14.6. The molecule has 0 saturated heterocycles. The lowest BCUT2D eigenvalue weighted by Gasteiger charge is -2.20. The van der Waals surface area contributed by atoms with Crippen molar-refractivity contribution in [2.45, 2.75) is 138 Å². The van der Waals surface area contributed by atoms with Gasteiger partial charge in [0, 0.05) is 25.4 Å². The fraction of sp³-hybridized carbons (Fsp3) is 0.532. The summed E-state index contributed by atoms with van der Waals surface area (Å²) in [5, 5.41) is 2.14. The molecule has 3 aromatic heterocycles. The Hall–Kier alpha value is -3.20. The highest BCUT2D eigenvalue weighted by Crippen LogP contribution is 2.55. The fourth-order valence-electron chi connectivity index (χ4n) is 7.56. The summed E-state index contributed by atoms with van der Waals surface area (Å²) in [6.45, 7) is 25.5. The third-order valence-corrected chi connectivity index (χ3v) is 15.6. The summed E-state index contributed by atoms with van der Waals surface area (Å²) in [6, 6.07) is 12.2. The third-order valence-electron chi connectivity index (χ3n) is 11.1. The van der Waals surface area contributed by atoms with Crippen LogP contribution in [0.4, 0.5) is 5.69 Å². The largest absolute Gasteiger partial charge is 0.491 e. The first-order valence-electron chi connectivity index (χ1n) is 20.5. The van der Waals surface area contributed by atoms with Gasteiger partial charge in [-0.15, -0.1) is 34.0 Å². The second-order valence-corrected chi connectivity index (χ2v) is 20.7. The molecule has 55 heavy (non-hydrogen) atoms. The van der Waals surface area contributed by atoms with Gasteiger partial charge < -0.3 is 9.47 Å². The molecule has 0 fully saturated rings. The summed E-state index contributed by atoms with van der Waals surface area (Å²) in [5.41, 5.74) is 2.23. The molecule has 0 aliphatic carbocycles. The molecule has 5 nitrogen and oxygen atoms in total. The van der Waals surface area contributed by atoms with Crippen LogP contribution in [0.3, 0.4) is 0 Å². The first kappa shape index (κ1) is 41.4. The van der Waals surface area contributed by atoms with Gasteiger partial charge in [0.1, 0.15) is 11.5 Å². The second kappa shape index (κ2) is 16.7. The minimum absolute atomic E-state index is 0.0340. The molecule has 8 heteroatoms. The lowest BCUT2D eigenvalue weighted by atomic mass is 9.90. The molecule has 0 radical (unpaired) electrons. The molecule has 0 N–H and O–H groups in total. The smallest absolute Gasteiger partial charge is 0.267 e. The average molecular weight is 800 g/mol. The third kappa shape index (κ3) is 8.15. The first-order valence-corrected chi connectivity index (χ1v) is 23.0. The number of carbonyl (C=O) groups excluding carboxylic acids is 2. The molecule has 6 rings (SSSR count). The van der Waals surface area contributed by atoms with Crippen LogP contribution in [-0.2, 0) is 10.8 Å². The maximum Gasteiger partial charge on any atom is 0.267 e. The summed E-state index contributed by atoms with van der Waals surface area (Å²) in [7, 11) is 0. The molecule has 0 spiro atoms. The monoisotopic (exact) mass is 799 g/mol. The van der Waals surface area contributed by atoms with E-state index in [0.29, 0.717) is 41.9 Å². The number of amides is 2. The number of para-hydroxylation sites is 1. The maximum atomic E-state index is 14.6. The van der Waals surface area contributed by atoms with Gasteiger partial charge in [-0.05, 0) is 66.2 Å². The highest BCUT2D eigenvalue weighted by Gasteiger charge is 2.45. The molecule has 5 aromatic rings. The number of aryl methyl sites for hydroxylation is 1. The number of fused-ring (bicyclic) bond motifs is 3. The number of thiophene rings is 3. The van der Waals surface area contributed by atoms with Crippen molar-refractivity contribution in [2.75, 3.05) is 18.1 Å². The Kier molecular flexibility index (Phi) is 12.6. The molecular weight excluding hydrogens is 739 g/mol. The number of ether oxygens (including phenoxy) is 2. The van der Waals surface area contributed by atoms with Crippen molar-refractivity contribution in [1.29, 1.82) is 0 Å². The SMILES string of the molecule is CCCCC(CC)COc1c2cc(C(C)(C)C)sc2c(OCC(CC)CCCC)c2cc(-c3sc(C(C)(C)C)c4c3C(=O)N(c3ccccc3C)C4=O)sc12. The minimum Gasteiger partial charge on any atom is -0.491 e. The van der Waals surface area contributed by atoms with Gasteiger partial charge in [-0.3, -0.25) is 9.59 Å². The standard InChI is InChI=1S/C47H61NO4S3/c1-12-16-21-29(14-3)26-51-38-31-24-34(42-36-37(43(55-42)47(9,10)11)45(50)48(44(36)49)33-23-19-18-20-28(33)5)53-40(31)39(52-27-30(15-4)22-17-13-2)32-25-35(46(6,7)8)54-41(32)38/h18-20,23-25,29-30H,12-17,21-22,26-27H2,1-11H3. The molecule has 2 amide bonds. The van der Waals surface area contributed by atoms with E-state index >= 15 is 0 Å². The van der Waals surface area contributed by atoms with Gasteiger partial charge >= 0.3 is 0 Å². The van der Waals surface area contributed by atoms with Crippen LogP contribution in [0, 0.1) is 18.8 Å². The van der Waals surface area contributed by atoms with Gasteiger partial charge in [0.15, 0.2) is 0 Å². The summed E-state index contributed by atoms with van der Waals surface area (Å²) in [4.78, 5) is 34.4. The Morgan fingerprint density at radius 2 is 1.24 bits per heavy atom. The molecular formula is C47H61NO4S3. The van der Waals surface area contributed by atoms with Crippen LogP contribution in [0.1, 0.15) is 157 Å². The van der Waals surface area contributed by atoms with Gasteiger partial charge in [-0.1, -0.05) is 126 Å². The average Bonchev–Trinajstić information content (AvgIpc) is 3.92. The van der Waals surface area contributed by atoms with E-state index in [1.165, 1.54) is 35.5 Å². The Morgan fingerprint density at radius 3 is 1.76 bits per heavy atom. The van der Waals surface area contributed by atoms with Crippen LogP contribution in [-0.4, -0.2) is 25.0 Å². The highest BCUT2D eigenvalue weighted by atomic mass is 32.1. The molecule has 1 aliphatic heterocycles. The van der Waals surface area contributed by atoms with Crippen LogP contribution in [0.15, 0.2) is 36.4 Å². The Morgan fingerprint density at radius 1 is 0.691 bits per heavy atom. The summed E-state index contributed by atoms with van der Waals surface area (Å²) < 4.78 is 16.2. The van der Waals surface area contributed by atoms with Gasteiger partial charge in [0.25, 0.3) is 11.8 Å². The lowest BCUT2D eigenvalue weighted by molar-refractivity contribution is 0.0925. The van der Waals surface area contributed by atoms with Crippen LogP contribution < -0.4 is 14.4 Å². The van der Waals surface area contributed by atoms with Crippen LogP contribution in [0.2, 0.25) is 0 Å². The van der Waals surface area contributed by atoms with E-state index < -0.39 is 0 Å². The number of imide groups is 1. The summed E-state index contributed by atoms with van der Waals surface area (Å²) in [5.74, 6) is 2.29. The number of carbonyl (C=O) groups is 2. The van der Waals surface area contributed by atoms with Crippen molar-refractivity contribution in [2.24, 2.45) is 11.8 Å². The van der Waals surface area contributed by atoms with Gasteiger partial charge in [-0.25, -0.2) is 4.90 Å². The van der Waals surface area contributed by atoms with Crippen molar-refractivity contribution < 1.29 is 19.1 Å². The number of unbranched alkanes of at least 4 members (excludes halogenated alkanes) is 2. The summed E-state index contributed by atoms with van der Waals surface area (Å²) >= 11 is 5.09. The van der Waals surface area contributed by atoms with E-state index in [0.717, 1.165) is 77.5 Å². The van der Waals surface area contributed by atoms with E-state index in [1.54, 1.807) is 22.7 Å². The number of hydrogen-bond donors (Lipinski definition) is 0. The van der Waals surface area contributed by atoms with Crippen LogP contribution >= 0.6 is 34.0 Å². The molecule has 4 heterocycles. The van der Waals surface area contributed by atoms with Crippen molar-refractivity contribution in [3.63, 3.8) is 0 Å². The summed E-state index contributed by atoms with van der Waals surface area (Å²) in [6.07, 6.45) is 9.16. The topological polar surface area (TPSA) is 55.8 Å². The van der Waals surface area contributed by atoms with Gasteiger partial charge in [-0.2, -0.15) is 0 Å². The molecule has 2 aromatic carbocycles. The molecule has 1 aliphatic rings. The normalized spacial score (nSPS) is 14.7. The number of hydrogen-bond acceptors (Lipinski definition) is 7. The van der Waals surface area contributed by atoms with Crippen molar-refractivity contribution in [1.82, 2.24) is 0 Å². The van der Waals surface area contributed by atoms with E-state index in [4.69, 9.17) is 9.47 Å². The Bertz CT molecular complexity index is 2100. The molecule has 296 valence electrons. The van der Waals surface area contributed by atoms with Crippen molar-refractivity contribution >= 4 is 71.7 Å². The van der Waals surface area contributed by atoms with Crippen molar-refractivity contribution in [3.05, 3.63) is 62.8 Å².